The first kappa shape index (κ1) is 18.1. The molecule has 2 aromatic carbocycles. The van der Waals surface area contributed by atoms with Gasteiger partial charge in [-0.1, -0.05) is 36.4 Å². The number of hydrogen-bond acceptors (Lipinski definition) is 4. The van der Waals surface area contributed by atoms with Crippen LogP contribution in [0.2, 0.25) is 0 Å². The average molecular weight is 374 g/mol. The smallest absolute Gasteiger partial charge is 0.251 e. The van der Waals surface area contributed by atoms with Crippen LogP contribution in [0.4, 0.5) is 0 Å². The molecule has 6 nitrogen and oxygen atoms in total. The van der Waals surface area contributed by atoms with Gasteiger partial charge in [0.2, 0.25) is 0 Å². The van der Waals surface area contributed by atoms with Crippen molar-refractivity contribution in [1.82, 2.24) is 20.1 Å². The molecule has 0 spiro atoms. The van der Waals surface area contributed by atoms with E-state index < -0.39 is 0 Å². The number of carbonyl (C=O) groups excluding carboxylic acids is 2. The maximum Gasteiger partial charge on any atom is 0.251 e. The number of benzene rings is 2. The van der Waals surface area contributed by atoms with Crippen molar-refractivity contribution < 1.29 is 9.59 Å². The van der Waals surface area contributed by atoms with Crippen molar-refractivity contribution in [3.8, 4) is 11.1 Å². The van der Waals surface area contributed by atoms with Crippen molar-refractivity contribution >= 4 is 11.7 Å². The predicted octanol–water partition coefficient (Wildman–Crippen LogP) is 3.05. The zero-order valence-corrected chi connectivity index (χ0v) is 15.8. The number of ketones is 1. The standard InChI is InChI=1S/C22H22N4O2/c1-26-14-24-25-20(26)11-12-23-22(28)19-4-2-3-18(13-19)15-5-7-16(8-6-15)21(27)17-9-10-17/h2-8,13-14,17H,9-12H2,1H3,(H,23,28). The minimum Gasteiger partial charge on any atom is -0.352 e. The van der Waals surface area contributed by atoms with E-state index in [-0.39, 0.29) is 17.6 Å². The molecule has 0 radical (unpaired) electrons. The van der Waals surface area contributed by atoms with Crippen molar-refractivity contribution in [3.63, 3.8) is 0 Å². The Morgan fingerprint density at radius 2 is 1.86 bits per heavy atom. The van der Waals surface area contributed by atoms with Crippen LogP contribution in [0.3, 0.4) is 0 Å². The Labute approximate surface area is 163 Å². The molecular weight excluding hydrogens is 352 g/mol. The first-order chi connectivity index (χ1) is 13.6. The summed E-state index contributed by atoms with van der Waals surface area (Å²) in [5.41, 5.74) is 3.31. The second-order valence-corrected chi connectivity index (χ2v) is 7.16. The molecule has 1 heterocycles. The summed E-state index contributed by atoms with van der Waals surface area (Å²) in [7, 11) is 1.88. The van der Waals surface area contributed by atoms with Gasteiger partial charge in [0.05, 0.1) is 0 Å². The third kappa shape index (κ3) is 4.01. The molecular formula is C22H22N4O2. The summed E-state index contributed by atoms with van der Waals surface area (Å²) in [6.45, 7) is 0.494. The molecule has 6 heteroatoms. The molecule has 1 aliphatic carbocycles. The number of nitrogens with zero attached hydrogens (tertiary/aromatic N) is 3. The summed E-state index contributed by atoms with van der Waals surface area (Å²) >= 11 is 0. The van der Waals surface area contributed by atoms with Gasteiger partial charge >= 0.3 is 0 Å². The quantitative estimate of drug-likeness (QED) is 0.645. The van der Waals surface area contributed by atoms with E-state index in [1.807, 2.05) is 54.1 Å². The summed E-state index contributed by atoms with van der Waals surface area (Å²) in [5, 5.41) is 10.8. The summed E-state index contributed by atoms with van der Waals surface area (Å²) < 4.78 is 1.84. The van der Waals surface area contributed by atoms with Gasteiger partial charge in [0, 0.05) is 37.1 Å². The van der Waals surface area contributed by atoms with Gasteiger partial charge in [0.25, 0.3) is 5.91 Å². The molecule has 1 N–H and O–H groups in total. The maximum atomic E-state index is 12.5. The fourth-order valence-corrected chi connectivity index (χ4v) is 3.17. The molecule has 28 heavy (non-hydrogen) atoms. The van der Waals surface area contributed by atoms with Crippen molar-refractivity contribution in [2.24, 2.45) is 13.0 Å². The molecule has 0 saturated heterocycles. The lowest BCUT2D eigenvalue weighted by Gasteiger charge is -2.08. The topological polar surface area (TPSA) is 76.9 Å². The molecule has 3 aromatic rings. The third-order valence-corrected chi connectivity index (χ3v) is 5.01. The Bertz CT molecular complexity index is 1000. The van der Waals surface area contributed by atoms with Gasteiger partial charge in [-0.15, -0.1) is 10.2 Å². The van der Waals surface area contributed by atoms with Crippen LogP contribution >= 0.6 is 0 Å². The van der Waals surface area contributed by atoms with Crippen LogP contribution < -0.4 is 5.32 Å². The molecule has 0 bridgehead atoms. The number of amides is 1. The van der Waals surface area contributed by atoms with Crippen LogP contribution in [0.1, 0.15) is 39.4 Å². The zero-order valence-electron chi connectivity index (χ0n) is 15.8. The highest BCUT2D eigenvalue weighted by Gasteiger charge is 2.30. The number of Topliss-reactive ketones (excluding diaryl/α,β-unsaturated/α-hetero) is 1. The highest BCUT2D eigenvalue weighted by Crippen LogP contribution is 2.33. The van der Waals surface area contributed by atoms with Gasteiger partial charge in [-0.3, -0.25) is 9.59 Å². The monoisotopic (exact) mass is 374 g/mol. The number of hydrogen-bond donors (Lipinski definition) is 1. The lowest BCUT2D eigenvalue weighted by molar-refractivity contribution is 0.0950. The van der Waals surface area contributed by atoms with E-state index in [2.05, 4.69) is 15.5 Å². The Morgan fingerprint density at radius 3 is 2.54 bits per heavy atom. The van der Waals surface area contributed by atoms with E-state index in [0.717, 1.165) is 35.4 Å². The SMILES string of the molecule is Cn1cnnc1CCNC(=O)c1cccc(-c2ccc(C(=O)C3CC3)cc2)c1. The molecule has 0 atom stereocenters. The van der Waals surface area contributed by atoms with E-state index in [9.17, 15) is 9.59 Å². The van der Waals surface area contributed by atoms with Crippen LogP contribution in [0.5, 0.6) is 0 Å². The van der Waals surface area contributed by atoms with E-state index in [0.29, 0.717) is 18.5 Å². The van der Waals surface area contributed by atoms with Crippen LogP contribution in [-0.2, 0) is 13.5 Å². The van der Waals surface area contributed by atoms with Crippen molar-refractivity contribution in [1.29, 1.82) is 0 Å². The number of aromatic nitrogens is 3. The van der Waals surface area contributed by atoms with Crippen LogP contribution in [0, 0.1) is 5.92 Å². The Kier molecular flexibility index (Phi) is 5.02. The first-order valence-corrected chi connectivity index (χ1v) is 9.47. The third-order valence-electron chi connectivity index (χ3n) is 5.01. The van der Waals surface area contributed by atoms with Crippen LogP contribution in [0.15, 0.2) is 54.9 Å². The summed E-state index contributed by atoms with van der Waals surface area (Å²) in [4.78, 5) is 24.6. The van der Waals surface area contributed by atoms with Gasteiger partial charge in [-0.2, -0.15) is 0 Å². The van der Waals surface area contributed by atoms with E-state index in [1.54, 1.807) is 12.4 Å². The molecule has 142 valence electrons. The highest BCUT2D eigenvalue weighted by atomic mass is 16.1. The van der Waals surface area contributed by atoms with Gasteiger partial charge < -0.3 is 9.88 Å². The van der Waals surface area contributed by atoms with Crippen LogP contribution in [-0.4, -0.2) is 33.0 Å². The summed E-state index contributed by atoms with van der Waals surface area (Å²) in [5.74, 6) is 1.17. The second kappa shape index (κ2) is 7.76. The highest BCUT2D eigenvalue weighted by molar-refractivity contribution is 5.99. The molecule has 4 rings (SSSR count). The molecule has 1 fully saturated rings. The molecule has 0 aliphatic heterocycles. The van der Waals surface area contributed by atoms with Crippen molar-refractivity contribution in [2.45, 2.75) is 19.3 Å². The van der Waals surface area contributed by atoms with Crippen LogP contribution in [0.25, 0.3) is 11.1 Å². The second-order valence-electron chi connectivity index (χ2n) is 7.16. The molecule has 1 aliphatic rings. The van der Waals surface area contributed by atoms with Crippen molar-refractivity contribution in [2.75, 3.05) is 6.54 Å². The fourth-order valence-electron chi connectivity index (χ4n) is 3.17. The summed E-state index contributed by atoms with van der Waals surface area (Å²) in [6.07, 6.45) is 4.28. The van der Waals surface area contributed by atoms with Gasteiger partial charge in [0.15, 0.2) is 5.78 Å². The Balaban J connectivity index is 1.41. The van der Waals surface area contributed by atoms with Gasteiger partial charge in [-0.05, 0) is 36.1 Å². The fraction of sp³-hybridized carbons (Fsp3) is 0.273. The molecule has 1 amide bonds. The number of nitrogens with one attached hydrogen (secondary N) is 1. The number of aryl methyl sites for hydroxylation is 1. The lowest BCUT2D eigenvalue weighted by Crippen LogP contribution is -2.26. The number of rotatable bonds is 7. The average Bonchev–Trinajstić information content (AvgIpc) is 3.50. The maximum absolute atomic E-state index is 12.5. The zero-order chi connectivity index (χ0) is 19.5. The van der Waals surface area contributed by atoms with E-state index >= 15 is 0 Å². The summed E-state index contributed by atoms with van der Waals surface area (Å²) in [6, 6.07) is 15.2. The molecule has 1 aromatic heterocycles. The normalized spacial score (nSPS) is 13.3. The number of carbonyl (C=O) groups is 2. The Hall–Kier alpha value is -3.28. The predicted molar refractivity (Wildman–Crippen MR) is 106 cm³/mol. The minimum atomic E-state index is -0.121. The van der Waals surface area contributed by atoms with E-state index in [1.165, 1.54) is 0 Å². The largest absolute Gasteiger partial charge is 0.352 e. The Morgan fingerprint density at radius 1 is 1.07 bits per heavy atom. The first-order valence-electron chi connectivity index (χ1n) is 9.47. The minimum absolute atomic E-state index is 0.121. The lowest BCUT2D eigenvalue weighted by atomic mass is 9.99. The van der Waals surface area contributed by atoms with Crippen molar-refractivity contribution in [3.05, 3.63) is 71.8 Å². The van der Waals surface area contributed by atoms with Gasteiger partial charge in [-0.25, -0.2) is 0 Å². The van der Waals surface area contributed by atoms with E-state index in [4.69, 9.17) is 0 Å². The van der Waals surface area contributed by atoms with Gasteiger partial charge in [0.1, 0.15) is 12.2 Å². The molecule has 0 unspecified atom stereocenters. The molecule has 1 saturated carbocycles.